The Morgan fingerprint density at radius 1 is 1.35 bits per heavy atom. The maximum Gasteiger partial charge on any atom is 0.331 e. The van der Waals surface area contributed by atoms with E-state index in [4.69, 9.17) is 9.47 Å². The Kier molecular flexibility index (Phi) is 4.21. The number of hydrogen-bond donors (Lipinski definition) is 1. The van der Waals surface area contributed by atoms with Gasteiger partial charge in [-0.2, -0.15) is 0 Å². The molecule has 0 aliphatic heterocycles. The third-order valence-electron chi connectivity index (χ3n) is 4.19. The average Bonchev–Trinajstić information content (AvgIpc) is 2.41. The zero-order valence-corrected chi connectivity index (χ0v) is 12.6. The predicted molar refractivity (Wildman–Crippen MR) is 78.9 cm³/mol. The molecule has 0 spiro atoms. The van der Waals surface area contributed by atoms with Gasteiger partial charge in [0.05, 0.1) is 14.2 Å². The van der Waals surface area contributed by atoms with E-state index < -0.39 is 5.54 Å². The van der Waals surface area contributed by atoms with Gasteiger partial charge in [0.25, 0.3) is 0 Å². The summed E-state index contributed by atoms with van der Waals surface area (Å²) in [5.74, 6) is 1.74. The molecule has 0 saturated heterocycles. The summed E-state index contributed by atoms with van der Waals surface area (Å²) in [5, 5.41) is 3.35. The molecule has 2 rings (SSSR count). The lowest BCUT2D eigenvalue weighted by Gasteiger charge is -2.48. The van der Waals surface area contributed by atoms with E-state index in [0.717, 1.165) is 24.3 Å². The zero-order chi connectivity index (χ0) is 14.8. The van der Waals surface area contributed by atoms with Crippen LogP contribution in [-0.4, -0.2) is 25.7 Å². The fraction of sp³-hybridized carbons (Fsp3) is 0.562. The van der Waals surface area contributed by atoms with Crippen molar-refractivity contribution in [1.29, 1.82) is 0 Å². The lowest BCUT2D eigenvalue weighted by atomic mass is 9.64. The summed E-state index contributed by atoms with van der Waals surface area (Å²) in [7, 11) is 3.08. The molecule has 1 aliphatic rings. The smallest absolute Gasteiger partial charge is 0.331 e. The number of hydrogen-bond acceptors (Lipinski definition) is 4. The number of anilines is 1. The third-order valence-corrected chi connectivity index (χ3v) is 4.19. The van der Waals surface area contributed by atoms with Gasteiger partial charge in [0.15, 0.2) is 0 Å². The van der Waals surface area contributed by atoms with E-state index >= 15 is 0 Å². The highest BCUT2D eigenvalue weighted by Crippen LogP contribution is 2.45. The van der Waals surface area contributed by atoms with Gasteiger partial charge in [-0.05, 0) is 36.8 Å². The SMILES string of the molecule is COC(=O)C1(Nc2cccc(OC)c2)CC(C(C)C)C1. The Balaban J connectivity index is 2.15. The van der Waals surface area contributed by atoms with Crippen molar-refractivity contribution in [3.8, 4) is 5.75 Å². The molecular formula is C16H23NO3. The van der Waals surface area contributed by atoms with Crippen LogP contribution in [0.25, 0.3) is 0 Å². The quantitative estimate of drug-likeness (QED) is 0.840. The highest BCUT2D eigenvalue weighted by molar-refractivity contribution is 5.86. The van der Waals surface area contributed by atoms with Gasteiger partial charge < -0.3 is 14.8 Å². The summed E-state index contributed by atoms with van der Waals surface area (Å²) >= 11 is 0. The Bertz CT molecular complexity index is 478. The van der Waals surface area contributed by atoms with Gasteiger partial charge >= 0.3 is 5.97 Å². The van der Waals surface area contributed by atoms with Crippen molar-refractivity contribution in [2.24, 2.45) is 11.8 Å². The second kappa shape index (κ2) is 5.73. The number of methoxy groups -OCH3 is 2. The zero-order valence-electron chi connectivity index (χ0n) is 12.6. The molecule has 0 unspecified atom stereocenters. The largest absolute Gasteiger partial charge is 0.497 e. The molecule has 20 heavy (non-hydrogen) atoms. The summed E-state index contributed by atoms with van der Waals surface area (Å²) in [6.45, 7) is 4.38. The summed E-state index contributed by atoms with van der Waals surface area (Å²) < 4.78 is 10.2. The lowest BCUT2D eigenvalue weighted by Crippen LogP contribution is -2.58. The Labute approximate surface area is 120 Å². The maximum absolute atomic E-state index is 12.1. The summed E-state index contributed by atoms with van der Waals surface area (Å²) in [6.07, 6.45) is 1.63. The third kappa shape index (κ3) is 2.74. The Morgan fingerprint density at radius 2 is 2.05 bits per heavy atom. The summed E-state index contributed by atoms with van der Waals surface area (Å²) in [4.78, 5) is 12.1. The number of carbonyl (C=O) groups is 1. The topological polar surface area (TPSA) is 47.6 Å². The number of ether oxygens (including phenoxy) is 2. The van der Waals surface area contributed by atoms with E-state index in [1.165, 1.54) is 7.11 Å². The van der Waals surface area contributed by atoms with Crippen LogP contribution < -0.4 is 10.1 Å². The predicted octanol–water partition coefficient (Wildman–Crippen LogP) is 3.08. The van der Waals surface area contributed by atoms with Crippen LogP contribution in [0, 0.1) is 11.8 Å². The molecule has 110 valence electrons. The molecule has 0 heterocycles. The van der Waals surface area contributed by atoms with Crippen molar-refractivity contribution >= 4 is 11.7 Å². The number of esters is 1. The molecule has 0 aromatic heterocycles. The molecule has 1 aromatic carbocycles. The van der Waals surface area contributed by atoms with Gasteiger partial charge in [-0.1, -0.05) is 19.9 Å². The summed E-state index contributed by atoms with van der Waals surface area (Å²) in [5.41, 5.74) is 0.299. The standard InChI is InChI=1S/C16H23NO3/c1-11(2)12-9-16(10-12,15(18)20-4)17-13-6-5-7-14(8-13)19-3/h5-8,11-12,17H,9-10H2,1-4H3. The number of rotatable bonds is 5. The molecule has 1 N–H and O–H groups in total. The van der Waals surface area contributed by atoms with Crippen molar-refractivity contribution in [3.63, 3.8) is 0 Å². The number of nitrogens with one attached hydrogen (secondary N) is 1. The van der Waals surface area contributed by atoms with E-state index in [1.54, 1.807) is 7.11 Å². The number of benzene rings is 1. The van der Waals surface area contributed by atoms with Crippen LogP contribution in [0.5, 0.6) is 5.75 Å². The average molecular weight is 277 g/mol. The van der Waals surface area contributed by atoms with E-state index in [-0.39, 0.29) is 5.97 Å². The maximum atomic E-state index is 12.1. The molecule has 4 nitrogen and oxygen atoms in total. The minimum Gasteiger partial charge on any atom is -0.497 e. The van der Waals surface area contributed by atoms with Gasteiger partial charge in [0, 0.05) is 11.8 Å². The van der Waals surface area contributed by atoms with Crippen molar-refractivity contribution in [1.82, 2.24) is 0 Å². The highest BCUT2D eigenvalue weighted by atomic mass is 16.5. The molecule has 0 amide bonds. The van der Waals surface area contributed by atoms with Crippen molar-refractivity contribution < 1.29 is 14.3 Å². The first-order valence-corrected chi connectivity index (χ1v) is 7.01. The van der Waals surface area contributed by atoms with Crippen molar-refractivity contribution in [2.75, 3.05) is 19.5 Å². The summed E-state index contributed by atoms with van der Waals surface area (Å²) in [6, 6.07) is 7.63. The molecule has 0 atom stereocenters. The van der Waals surface area contributed by atoms with Gasteiger partial charge in [-0.15, -0.1) is 0 Å². The molecule has 1 fully saturated rings. The fourth-order valence-electron chi connectivity index (χ4n) is 2.80. The molecule has 1 aromatic rings. The van der Waals surface area contributed by atoms with Crippen LogP contribution >= 0.6 is 0 Å². The first kappa shape index (κ1) is 14.7. The van der Waals surface area contributed by atoms with Crippen LogP contribution in [0.1, 0.15) is 26.7 Å². The molecular weight excluding hydrogens is 254 g/mol. The molecule has 1 aliphatic carbocycles. The highest BCUT2D eigenvalue weighted by Gasteiger charge is 2.52. The van der Waals surface area contributed by atoms with Gasteiger partial charge in [0.1, 0.15) is 11.3 Å². The van der Waals surface area contributed by atoms with E-state index in [0.29, 0.717) is 11.8 Å². The van der Waals surface area contributed by atoms with Crippen LogP contribution in [0.3, 0.4) is 0 Å². The monoisotopic (exact) mass is 277 g/mol. The molecule has 0 radical (unpaired) electrons. The minimum atomic E-state index is -0.587. The van der Waals surface area contributed by atoms with E-state index in [9.17, 15) is 4.79 Å². The van der Waals surface area contributed by atoms with Crippen LogP contribution in [-0.2, 0) is 9.53 Å². The second-order valence-electron chi connectivity index (χ2n) is 5.84. The van der Waals surface area contributed by atoms with Crippen LogP contribution in [0.15, 0.2) is 24.3 Å². The minimum absolute atomic E-state index is 0.183. The number of carbonyl (C=O) groups excluding carboxylic acids is 1. The fourth-order valence-corrected chi connectivity index (χ4v) is 2.80. The normalized spacial score (nSPS) is 24.9. The molecule has 1 saturated carbocycles. The van der Waals surface area contributed by atoms with Crippen molar-refractivity contribution in [3.05, 3.63) is 24.3 Å². The van der Waals surface area contributed by atoms with Crippen LogP contribution in [0.4, 0.5) is 5.69 Å². The first-order valence-electron chi connectivity index (χ1n) is 7.01. The van der Waals surface area contributed by atoms with Crippen molar-refractivity contribution in [2.45, 2.75) is 32.2 Å². The van der Waals surface area contributed by atoms with E-state index in [2.05, 4.69) is 19.2 Å². The molecule has 4 heteroatoms. The van der Waals surface area contributed by atoms with Gasteiger partial charge in [0.2, 0.25) is 0 Å². The lowest BCUT2D eigenvalue weighted by molar-refractivity contribution is -0.151. The van der Waals surface area contributed by atoms with E-state index in [1.807, 2.05) is 24.3 Å². The first-order chi connectivity index (χ1) is 9.50. The Hall–Kier alpha value is -1.71. The second-order valence-corrected chi connectivity index (χ2v) is 5.84. The molecule has 0 bridgehead atoms. The van der Waals surface area contributed by atoms with Gasteiger partial charge in [-0.25, -0.2) is 4.79 Å². The van der Waals surface area contributed by atoms with Gasteiger partial charge in [-0.3, -0.25) is 0 Å². The van der Waals surface area contributed by atoms with Crippen LogP contribution in [0.2, 0.25) is 0 Å². The Morgan fingerprint density at radius 3 is 2.60 bits per heavy atom.